The maximum Gasteiger partial charge on any atom is 0.173 e. The molecule has 3 aromatic rings. The van der Waals surface area contributed by atoms with Crippen LogP contribution in [-0.2, 0) is 0 Å². The lowest BCUT2D eigenvalue weighted by molar-refractivity contribution is 0.474. The molecular weight excluding hydrogens is 300 g/mol. The van der Waals surface area contributed by atoms with Crippen molar-refractivity contribution < 1.29 is 5.11 Å². The predicted molar refractivity (Wildman–Crippen MR) is 79.2 cm³/mol. The number of hydrogen-bond donors (Lipinski definition) is 1. The van der Waals surface area contributed by atoms with Crippen LogP contribution in [0, 0.1) is 13.8 Å². The average molecular weight is 312 g/mol. The zero-order chi connectivity index (χ0) is 16.2. The van der Waals surface area contributed by atoms with Crippen LogP contribution in [0.3, 0.4) is 0 Å². The molecule has 11 nitrogen and oxygen atoms in total. The molecule has 0 aliphatic carbocycles. The first kappa shape index (κ1) is 14.4. The Kier molecular flexibility index (Phi) is 3.82. The van der Waals surface area contributed by atoms with Crippen LogP contribution in [0.2, 0.25) is 0 Å². The zero-order valence-corrected chi connectivity index (χ0v) is 12.3. The van der Waals surface area contributed by atoms with Crippen molar-refractivity contribution in [3.63, 3.8) is 0 Å². The SMILES string of the molecule is Cc1nnnn1N=Cc1cccc(O)c1C=Nn1nnnc1C. The normalized spacial score (nSPS) is 11.7. The minimum atomic E-state index is 0.0527. The van der Waals surface area contributed by atoms with E-state index in [1.807, 2.05) is 0 Å². The minimum absolute atomic E-state index is 0.0527. The molecule has 1 aromatic carbocycles. The summed E-state index contributed by atoms with van der Waals surface area (Å²) in [4.78, 5) is 2.52. The third-order valence-corrected chi connectivity index (χ3v) is 2.93. The molecule has 0 atom stereocenters. The molecule has 0 saturated heterocycles. The van der Waals surface area contributed by atoms with Gasteiger partial charge >= 0.3 is 0 Å². The largest absolute Gasteiger partial charge is 0.507 e. The van der Waals surface area contributed by atoms with Crippen LogP contribution >= 0.6 is 0 Å². The fraction of sp³-hybridized carbons (Fsp3) is 0.167. The lowest BCUT2D eigenvalue weighted by Crippen LogP contribution is -2.00. The Morgan fingerprint density at radius 1 is 0.957 bits per heavy atom. The summed E-state index contributed by atoms with van der Waals surface area (Å²) in [5.41, 5.74) is 1.10. The van der Waals surface area contributed by atoms with E-state index in [4.69, 9.17) is 0 Å². The van der Waals surface area contributed by atoms with E-state index in [0.717, 1.165) is 0 Å². The number of aryl methyl sites for hydroxylation is 2. The molecule has 116 valence electrons. The Labute approximate surface area is 129 Å². The standard InChI is InChI=1S/C12H12N10O/c1-8-15-17-19-21(8)13-6-10-4-3-5-12(23)11(10)7-14-22-9(2)16-18-20-22/h3-7,23H,1-2H3. The average Bonchev–Trinajstić information content (AvgIpc) is 3.13. The predicted octanol–water partition coefficient (Wildman–Crippen LogP) is -0.254. The van der Waals surface area contributed by atoms with E-state index >= 15 is 0 Å². The van der Waals surface area contributed by atoms with Crippen molar-refractivity contribution in [2.45, 2.75) is 13.8 Å². The fourth-order valence-electron chi connectivity index (χ4n) is 1.72. The van der Waals surface area contributed by atoms with Gasteiger partial charge in [-0.05, 0) is 40.8 Å². The first-order chi connectivity index (χ1) is 11.1. The third kappa shape index (κ3) is 3.07. The summed E-state index contributed by atoms with van der Waals surface area (Å²) >= 11 is 0. The van der Waals surface area contributed by atoms with Crippen LogP contribution in [0.1, 0.15) is 22.8 Å². The lowest BCUT2D eigenvalue weighted by Gasteiger charge is -2.03. The van der Waals surface area contributed by atoms with Gasteiger partial charge in [0.25, 0.3) is 0 Å². The van der Waals surface area contributed by atoms with E-state index in [2.05, 4.69) is 41.3 Å². The van der Waals surface area contributed by atoms with Gasteiger partial charge in [0.15, 0.2) is 11.6 Å². The monoisotopic (exact) mass is 312 g/mol. The van der Waals surface area contributed by atoms with E-state index in [1.54, 1.807) is 32.0 Å². The van der Waals surface area contributed by atoms with Crippen LogP contribution in [0.5, 0.6) is 5.75 Å². The van der Waals surface area contributed by atoms with Crippen molar-refractivity contribution in [3.05, 3.63) is 41.0 Å². The molecule has 0 saturated carbocycles. The van der Waals surface area contributed by atoms with Crippen molar-refractivity contribution in [1.29, 1.82) is 0 Å². The van der Waals surface area contributed by atoms with Gasteiger partial charge in [-0.25, -0.2) is 0 Å². The lowest BCUT2D eigenvalue weighted by atomic mass is 10.1. The maximum atomic E-state index is 10.0. The summed E-state index contributed by atoms with van der Waals surface area (Å²) in [6.07, 6.45) is 2.98. The van der Waals surface area contributed by atoms with Crippen LogP contribution in [0.4, 0.5) is 0 Å². The second kappa shape index (κ2) is 6.09. The number of nitrogens with zero attached hydrogens (tertiary/aromatic N) is 10. The van der Waals surface area contributed by atoms with Crippen LogP contribution in [0.25, 0.3) is 0 Å². The number of hydrogen-bond acceptors (Lipinski definition) is 9. The van der Waals surface area contributed by atoms with Gasteiger partial charge in [0.2, 0.25) is 0 Å². The molecule has 0 aliphatic heterocycles. The Bertz CT molecular complexity index is 878. The molecule has 0 radical (unpaired) electrons. The molecule has 1 N–H and O–H groups in total. The summed E-state index contributed by atoms with van der Waals surface area (Å²) in [6.45, 7) is 3.44. The van der Waals surface area contributed by atoms with E-state index in [9.17, 15) is 5.11 Å². The number of benzene rings is 1. The molecule has 0 aliphatic rings. The van der Waals surface area contributed by atoms with Gasteiger partial charge in [-0.15, -0.1) is 19.8 Å². The van der Waals surface area contributed by atoms with Crippen molar-refractivity contribution >= 4 is 12.4 Å². The highest BCUT2D eigenvalue weighted by molar-refractivity contribution is 5.96. The first-order valence-corrected chi connectivity index (χ1v) is 6.56. The number of aromatic nitrogens is 8. The molecule has 2 heterocycles. The van der Waals surface area contributed by atoms with Gasteiger partial charge in [0, 0.05) is 11.1 Å². The third-order valence-electron chi connectivity index (χ3n) is 2.93. The highest BCUT2D eigenvalue weighted by Gasteiger charge is 2.05. The molecule has 3 rings (SSSR count). The fourth-order valence-corrected chi connectivity index (χ4v) is 1.72. The van der Waals surface area contributed by atoms with Gasteiger partial charge < -0.3 is 5.11 Å². The Balaban J connectivity index is 1.94. The molecule has 0 amide bonds. The minimum Gasteiger partial charge on any atom is -0.507 e. The van der Waals surface area contributed by atoms with Crippen molar-refractivity contribution in [2.75, 3.05) is 0 Å². The highest BCUT2D eigenvalue weighted by atomic mass is 16.3. The Morgan fingerprint density at radius 2 is 1.57 bits per heavy atom. The van der Waals surface area contributed by atoms with Gasteiger partial charge in [-0.1, -0.05) is 12.1 Å². The molecular formula is C12H12N10O. The summed E-state index contributed by atoms with van der Waals surface area (Å²) < 4.78 is 0. The number of aromatic hydroxyl groups is 1. The van der Waals surface area contributed by atoms with Gasteiger partial charge in [-0.2, -0.15) is 10.2 Å². The molecule has 0 bridgehead atoms. The van der Waals surface area contributed by atoms with Gasteiger partial charge in [0.1, 0.15) is 5.75 Å². The van der Waals surface area contributed by atoms with E-state index < -0.39 is 0 Å². The van der Waals surface area contributed by atoms with Crippen molar-refractivity contribution in [2.24, 2.45) is 10.2 Å². The summed E-state index contributed by atoms with van der Waals surface area (Å²) in [6, 6.07) is 5.02. The number of tetrazole rings is 2. The van der Waals surface area contributed by atoms with E-state index in [1.165, 1.54) is 22.0 Å². The number of phenols is 1. The molecule has 0 fully saturated rings. The van der Waals surface area contributed by atoms with Gasteiger partial charge in [0.05, 0.1) is 12.4 Å². The summed E-state index contributed by atoms with van der Waals surface area (Å²) in [5.74, 6) is 1.12. The topological polar surface area (TPSA) is 132 Å². The highest BCUT2D eigenvalue weighted by Crippen LogP contribution is 2.18. The van der Waals surface area contributed by atoms with E-state index in [0.29, 0.717) is 22.8 Å². The molecule has 0 spiro atoms. The summed E-state index contributed by atoms with van der Waals surface area (Å²) in [5, 5.41) is 40.2. The van der Waals surface area contributed by atoms with Gasteiger partial charge in [-0.3, -0.25) is 0 Å². The molecule has 0 unspecified atom stereocenters. The van der Waals surface area contributed by atoms with Crippen molar-refractivity contribution in [3.8, 4) is 5.75 Å². The molecule has 11 heteroatoms. The number of rotatable bonds is 4. The zero-order valence-electron chi connectivity index (χ0n) is 12.3. The number of phenolic OH excluding ortho intramolecular Hbond substituents is 1. The second-order valence-corrected chi connectivity index (χ2v) is 4.50. The summed E-state index contributed by atoms with van der Waals surface area (Å²) in [7, 11) is 0. The quantitative estimate of drug-likeness (QED) is 0.656. The van der Waals surface area contributed by atoms with Crippen LogP contribution < -0.4 is 0 Å². The maximum absolute atomic E-state index is 10.0. The molecule has 23 heavy (non-hydrogen) atoms. The second-order valence-electron chi connectivity index (χ2n) is 4.50. The van der Waals surface area contributed by atoms with Crippen LogP contribution in [0.15, 0.2) is 28.4 Å². The van der Waals surface area contributed by atoms with Crippen molar-refractivity contribution in [1.82, 2.24) is 40.6 Å². The first-order valence-electron chi connectivity index (χ1n) is 6.56. The van der Waals surface area contributed by atoms with E-state index in [-0.39, 0.29) is 5.75 Å². The smallest absolute Gasteiger partial charge is 0.173 e. The Hall–Kier alpha value is -3.50. The Morgan fingerprint density at radius 3 is 2.13 bits per heavy atom. The molecule has 2 aromatic heterocycles. The van der Waals surface area contributed by atoms with Crippen LogP contribution in [-0.4, -0.2) is 58.2 Å².